The molecule has 0 saturated carbocycles. The van der Waals surface area contributed by atoms with E-state index < -0.39 is 0 Å². The van der Waals surface area contributed by atoms with Crippen molar-refractivity contribution in [3.63, 3.8) is 0 Å². The van der Waals surface area contributed by atoms with Gasteiger partial charge < -0.3 is 10.1 Å². The molecule has 1 N–H and O–H groups in total. The Morgan fingerprint density at radius 3 is 2.28 bits per heavy atom. The molecule has 0 saturated heterocycles. The Labute approximate surface area is 111 Å². The van der Waals surface area contributed by atoms with E-state index in [1.165, 1.54) is 5.56 Å². The van der Waals surface area contributed by atoms with Crippen molar-refractivity contribution in [1.82, 2.24) is 4.98 Å². The molecule has 0 aromatic carbocycles. The van der Waals surface area contributed by atoms with E-state index in [0.29, 0.717) is 0 Å². The summed E-state index contributed by atoms with van der Waals surface area (Å²) < 4.78 is 5.64. The molecule has 18 heavy (non-hydrogen) atoms. The highest BCUT2D eigenvalue weighted by molar-refractivity contribution is 5.37. The van der Waals surface area contributed by atoms with Crippen molar-refractivity contribution in [2.45, 2.75) is 52.6 Å². The Kier molecular flexibility index (Phi) is 4.74. The van der Waals surface area contributed by atoms with Crippen molar-refractivity contribution in [3.8, 4) is 0 Å². The lowest BCUT2D eigenvalue weighted by Gasteiger charge is -2.25. The summed E-state index contributed by atoms with van der Waals surface area (Å²) >= 11 is 0. The Hall–Kier alpha value is -1.09. The number of nitrogens with one attached hydrogen (secondary N) is 1. The maximum Gasteiger partial charge on any atom is 0.125 e. The number of nitrogens with zero attached hydrogens (tertiary/aromatic N) is 1. The van der Waals surface area contributed by atoms with E-state index in [-0.39, 0.29) is 11.0 Å². The van der Waals surface area contributed by atoms with E-state index in [1.54, 1.807) is 0 Å². The van der Waals surface area contributed by atoms with Gasteiger partial charge in [-0.3, -0.25) is 0 Å². The normalized spacial score (nSPS) is 12.6. The maximum atomic E-state index is 5.64. The van der Waals surface area contributed by atoms with Crippen molar-refractivity contribution in [2.24, 2.45) is 0 Å². The second-order valence-corrected chi connectivity index (χ2v) is 6.23. The van der Waals surface area contributed by atoms with E-state index in [0.717, 1.165) is 19.0 Å². The molecule has 0 spiro atoms. The molecule has 3 nitrogen and oxygen atoms in total. The highest BCUT2D eigenvalue weighted by atomic mass is 16.5. The first-order valence-corrected chi connectivity index (χ1v) is 6.59. The monoisotopic (exact) mass is 250 g/mol. The minimum Gasteiger partial charge on any atom is -0.374 e. The van der Waals surface area contributed by atoms with E-state index in [2.05, 4.69) is 51.0 Å². The first-order valence-electron chi connectivity index (χ1n) is 6.59. The van der Waals surface area contributed by atoms with E-state index in [1.807, 2.05) is 19.2 Å². The van der Waals surface area contributed by atoms with Crippen LogP contribution >= 0.6 is 0 Å². The van der Waals surface area contributed by atoms with E-state index in [4.69, 9.17) is 4.74 Å². The Morgan fingerprint density at radius 1 is 1.17 bits per heavy atom. The molecule has 1 aromatic heterocycles. The summed E-state index contributed by atoms with van der Waals surface area (Å²) in [5.41, 5.74) is 1.23. The fourth-order valence-corrected chi connectivity index (χ4v) is 1.69. The van der Waals surface area contributed by atoms with Crippen molar-refractivity contribution >= 4 is 5.82 Å². The molecular weight excluding hydrogens is 224 g/mol. The highest BCUT2D eigenvalue weighted by Gasteiger charge is 2.18. The van der Waals surface area contributed by atoms with Gasteiger partial charge in [-0.1, -0.05) is 26.8 Å². The average Bonchev–Trinajstić information content (AvgIpc) is 2.26. The van der Waals surface area contributed by atoms with Crippen molar-refractivity contribution in [1.29, 1.82) is 0 Å². The van der Waals surface area contributed by atoms with Gasteiger partial charge in [0.2, 0.25) is 0 Å². The molecule has 0 atom stereocenters. The fraction of sp³-hybridized carbons (Fsp3) is 0.667. The summed E-state index contributed by atoms with van der Waals surface area (Å²) in [6.45, 7) is 14.2. The van der Waals surface area contributed by atoms with Crippen LogP contribution in [0.5, 0.6) is 0 Å². The standard InChI is InChI=1S/C15H26N2O/c1-7-18-15(5,6)11-17-13-9-8-12(10-16-13)14(2,3)4/h8-10H,7,11H2,1-6H3,(H,16,17). The third kappa shape index (κ3) is 4.65. The number of aromatic nitrogens is 1. The van der Waals surface area contributed by atoms with Crippen LogP contribution in [0.2, 0.25) is 0 Å². The highest BCUT2D eigenvalue weighted by Crippen LogP contribution is 2.22. The number of ether oxygens (including phenoxy) is 1. The molecule has 0 radical (unpaired) electrons. The molecule has 1 aromatic rings. The van der Waals surface area contributed by atoms with Gasteiger partial charge in [-0.2, -0.15) is 0 Å². The second kappa shape index (κ2) is 5.70. The Morgan fingerprint density at radius 2 is 1.83 bits per heavy atom. The van der Waals surface area contributed by atoms with Crippen molar-refractivity contribution in [3.05, 3.63) is 23.9 Å². The number of anilines is 1. The van der Waals surface area contributed by atoms with Crippen molar-refractivity contribution < 1.29 is 4.74 Å². The van der Waals surface area contributed by atoms with Gasteiger partial charge in [-0.05, 0) is 37.8 Å². The third-order valence-electron chi connectivity index (χ3n) is 2.86. The summed E-state index contributed by atoms with van der Waals surface area (Å²) in [7, 11) is 0. The van der Waals surface area contributed by atoms with E-state index in [9.17, 15) is 0 Å². The predicted octanol–water partition coefficient (Wildman–Crippen LogP) is 3.61. The zero-order chi connectivity index (χ0) is 13.8. The summed E-state index contributed by atoms with van der Waals surface area (Å²) in [5, 5.41) is 3.31. The topological polar surface area (TPSA) is 34.1 Å². The van der Waals surface area contributed by atoms with Gasteiger partial charge in [0.1, 0.15) is 5.82 Å². The maximum absolute atomic E-state index is 5.64. The van der Waals surface area contributed by atoms with Gasteiger partial charge in [0, 0.05) is 19.3 Å². The lowest BCUT2D eigenvalue weighted by molar-refractivity contribution is 0.000642. The van der Waals surface area contributed by atoms with E-state index >= 15 is 0 Å². The van der Waals surface area contributed by atoms with Gasteiger partial charge in [0.05, 0.1) is 5.60 Å². The predicted molar refractivity (Wildman–Crippen MR) is 77.1 cm³/mol. The zero-order valence-corrected chi connectivity index (χ0v) is 12.5. The van der Waals surface area contributed by atoms with Crippen LogP contribution < -0.4 is 5.32 Å². The summed E-state index contributed by atoms with van der Waals surface area (Å²) in [4.78, 5) is 4.44. The molecule has 102 valence electrons. The molecule has 0 bridgehead atoms. The Bertz CT molecular complexity index is 363. The van der Waals surface area contributed by atoms with Crippen molar-refractivity contribution in [2.75, 3.05) is 18.5 Å². The molecule has 1 heterocycles. The minimum absolute atomic E-state index is 0.149. The van der Waals surface area contributed by atoms with Crippen LogP contribution in [0.4, 0.5) is 5.82 Å². The molecule has 3 heteroatoms. The number of rotatable bonds is 5. The summed E-state index contributed by atoms with van der Waals surface area (Å²) in [5.74, 6) is 0.899. The molecule has 0 amide bonds. The lowest BCUT2D eigenvalue weighted by atomic mass is 9.88. The molecule has 1 rings (SSSR count). The molecule has 0 aliphatic rings. The molecular formula is C15H26N2O. The van der Waals surface area contributed by atoms with Gasteiger partial charge in [-0.15, -0.1) is 0 Å². The van der Waals surface area contributed by atoms with Gasteiger partial charge in [-0.25, -0.2) is 4.98 Å². The number of pyridine rings is 1. The first kappa shape index (κ1) is 15.0. The average molecular weight is 250 g/mol. The first-order chi connectivity index (χ1) is 8.24. The second-order valence-electron chi connectivity index (χ2n) is 6.23. The van der Waals surface area contributed by atoms with Crippen LogP contribution in [0.25, 0.3) is 0 Å². The quantitative estimate of drug-likeness (QED) is 0.867. The van der Waals surface area contributed by atoms with Crippen LogP contribution in [0.1, 0.15) is 47.1 Å². The lowest BCUT2D eigenvalue weighted by Crippen LogP contribution is -2.33. The molecule has 0 aliphatic heterocycles. The summed E-state index contributed by atoms with van der Waals surface area (Å²) in [6, 6.07) is 4.16. The van der Waals surface area contributed by atoms with Crippen LogP contribution in [0, 0.1) is 0 Å². The number of hydrogen-bond acceptors (Lipinski definition) is 3. The van der Waals surface area contributed by atoms with Crippen LogP contribution in [-0.2, 0) is 10.2 Å². The smallest absolute Gasteiger partial charge is 0.125 e. The van der Waals surface area contributed by atoms with Gasteiger partial charge in [0.25, 0.3) is 0 Å². The fourth-order valence-electron chi connectivity index (χ4n) is 1.69. The summed E-state index contributed by atoms with van der Waals surface area (Å²) in [6.07, 6.45) is 1.94. The Balaban J connectivity index is 2.60. The van der Waals surface area contributed by atoms with Crippen LogP contribution in [0.15, 0.2) is 18.3 Å². The third-order valence-corrected chi connectivity index (χ3v) is 2.86. The molecule has 0 aliphatic carbocycles. The zero-order valence-electron chi connectivity index (χ0n) is 12.5. The largest absolute Gasteiger partial charge is 0.374 e. The number of hydrogen-bond donors (Lipinski definition) is 1. The van der Waals surface area contributed by atoms with Gasteiger partial charge >= 0.3 is 0 Å². The SMILES string of the molecule is CCOC(C)(C)CNc1ccc(C(C)(C)C)cn1. The van der Waals surface area contributed by atoms with Gasteiger partial charge in [0.15, 0.2) is 0 Å². The van der Waals surface area contributed by atoms with Crippen LogP contribution in [0.3, 0.4) is 0 Å². The minimum atomic E-state index is -0.168. The molecule has 0 unspecified atom stereocenters. The van der Waals surface area contributed by atoms with Crippen LogP contribution in [-0.4, -0.2) is 23.7 Å². The molecule has 0 fully saturated rings.